The number of nitrogens with zero attached hydrogens (tertiary/aromatic N) is 2. The summed E-state index contributed by atoms with van der Waals surface area (Å²) in [6.45, 7) is 1.60. The van der Waals surface area contributed by atoms with E-state index in [0.717, 1.165) is 24.4 Å². The summed E-state index contributed by atoms with van der Waals surface area (Å²) in [5, 5.41) is 3.38. The zero-order chi connectivity index (χ0) is 12.9. The average Bonchev–Trinajstić information content (AvgIpc) is 3.01. The molecule has 0 saturated carbocycles. The predicted octanol–water partition coefficient (Wildman–Crippen LogP) is 2.48. The molecule has 4 nitrogen and oxygen atoms in total. The van der Waals surface area contributed by atoms with Crippen LogP contribution in [0.15, 0.2) is 42.7 Å². The predicted molar refractivity (Wildman–Crippen MR) is 72.8 cm³/mol. The highest BCUT2D eigenvalue weighted by molar-refractivity contribution is 5.17. The molecule has 1 saturated heterocycles. The summed E-state index contributed by atoms with van der Waals surface area (Å²) >= 11 is 0. The van der Waals surface area contributed by atoms with Crippen LogP contribution in [0.25, 0.3) is 0 Å². The van der Waals surface area contributed by atoms with Crippen molar-refractivity contribution in [3.05, 3.63) is 54.1 Å². The smallest absolute Gasteiger partial charge is 0.156 e. The van der Waals surface area contributed by atoms with Crippen molar-refractivity contribution in [3.8, 4) is 5.75 Å². The Hall–Kier alpha value is -1.94. The maximum Gasteiger partial charge on any atom is 0.156 e. The molecular formula is C15H17N3O. The Morgan fingerprint density at radius 2 is 1.95 bits per heavy atom. The Morgan fingerprint density at radius 1 is 1.16 bits per heavy atom. The first kappa shape index (κ1) is 12.1. The zero-order valence-corrected chi connectivity index (χ0v) is 10.7. The highest BCUT2D eigenvalue weighted by Gasteiger charge is 2.18. The molecule has 1 unspecified atom stereocenters. The van der Waals surface area contributed by atoms with E-state index in [0.29, 0.717) is 18.4 Å². The minimum Gasteiger partial charge on any atom is -0.486 e. The van der Waals surface area contributed by atoms with Crippen molar-refractivity contribution in [1.82, 2.24) is 15.3 Å². The van der Waals surface area contributed by atoms with Crippen LogP contribution >= 0.6 is 0 Å². The maximum absolute atomic E-state index is 5.66. The van der Waals surface area contributed by atoms with Crippen LogP contribution in [0.4, 0.5) is 0 Å². The van der Waals surface area contributed by atoms with Crippen molar-refractivity contribution in [1.29, 1.82) is 0 Å². The van der Waals surface area contributed by atoms with Gasteiger partial charge < -0.3 is 10.1 Å². The van der Waals surface area contributed by atoms with E-state index in [1.165, 1.54) is 6.42 Å². The molecule has 1 aromatic carbocycles. The Balaban J connectivity index is 1.60. The third kappa shape index (κ3) is 3.09. The first-order valence-corrected chi connectivity index (χ1v) is 6.64. The van der Waals surface area contributed by atoms with E-state index in [4.69, 9.17) is 4.74 Å². The summed E-state index contributed by atoms with van der Waals surface area (Å²) in [5.74, 6) is 1.58. The number of rotatable bonds is 4. The van der Waals surface area contributed by atoms with Crippen LogP contribution in [-0.2, 0) is 6.61 Å². The molecule has 3 rings (SSSR count). The fourth-order valence-corrected chi connectivity index (χ4v) is 2.23. The second-order valence-corrected chi connectivity index (χ2v) is 4.70. The molecule has 1 N–H and O–H groups in total. The van der Waals surface area contributed by atoms with Gasteiger partial charge in [0.25, 0.3) is 0 Å². The minimum absolute atomic E-state index is 0.308. The van der Waals surface area contributed by atoms with E-state index in [-0.39, 0.29) is 0 Å². The molecule has 2 aromatic rings. The summed E-state index contributed by atoms with van der Waals surface area (Å²) in [6.07, 6.45) is 5.82. The molecule has 0 aliphatic carbocycles. The van der Waals surface area contributed by atoms with Crippen molar-refractivity contribution in [2.24, 2.45) is 0 Å². The first-order chi connectivity index (χ1) is 9.42. The first-order valence-electron chi connectivity index (χ1n) is 6.64. The molecule has 1 atom stereocenters. The number of benzene rings is 1. The number of hydrogen-bond acceptors (Lipinski definition) is 4. The van der Waals surface area contributed by atoms with Crippen LogP contribution in [0, 0.1) is 0 Å². The van der Waals surface area contributed by atoms with E-state index >= 15 is 0 Å². The quantitative estimate of drug-likeness (QED) is 0.911. The molecule has 2 heterocycles. The summed E-state index contributed by atoms with van der Waals surface area (Å²) in [5.41, 5.74) is 1.14. The number of ether oxygens (including phenoxy) is 1. The Labute approximate surface area is 112 Å². The van der Waals surface area contributed by atoms with Crippen LogP contribution in [0.5, 0.6) is 5.75 Å². The van der Waals surface area contributed by atoms with Crippen molar-refractivity contribution < 1.29 is 4.74 Å². The van der Waals surface area contributed by atoms with Crippen molar-refractivity contribution in [2.75, 3.05) is 6.54 Å². The summed E-state index contributed by atoms with van der Waals surface area (Å²) < 4.78 is 5.66. The van der Waals surface area contributed by atoms with Crippen LogP contribution in [0.1, 0.15) is 30.3 Å². The fraction of sp³-hybridized carbons (Fsp3) is 0.333. The van der Waals surface area contributed by atoms with Crippen molar-refractivity contribution in [3.63, 3.8) is 0 Å². The zero-order valence-electron chi connectivity index (χ0n) is 10.7. The topological polar surface area (TPSA) is 47.0 Å². The molecular weight excluding hydrogens is 238 g/mol. The van der Waals surface area contributed by atoms with E-state index in [2.05, 4.69) is 15.3 Å². The van der Waals surface area contributed by atoms with Gasteiger partial charge >= 0.3 is 0 Å². The summed E-state index contributed by atoms with van der Waals surface area (Å²) in [7, 11) is 0. The van der Waals surface area contributed by atoms with Gasteiger partial charge in [-0.15, -0.1) is 0 Å². The fourth-order valence-electron chi connectivity index (χ4n) is 2.23. The maximum atomic E-state index is 5.66. The molecule has 1 aliphatic rings. The molecule has 1 aromatic heterocycles. The lowest BCUT2D eigenvalue weighted by atomic mass is 10.2. The average molecular weight is 255 g/mol. The number of hydrogen-bond donors (Lipinski definition) is 1. The summed E-state index contributed by atoms with van der Waals surface area (Å²) in [6, 6.07) is 10.4. The van der Waals surface area contributed by atoms with Gasteiger partial charge in [-0.3, -0.25) is 0 Å². The van der Waals surface area contributed by atoms with Gasteiger partial charge in [0.15, 0.2) is 5.75 Å². The Morgan fingerprint density at radius 3 is 2.63 bits per heavy atom. The van der Waals surface area contributed by atoms with Gasteiger partial charge in [-0.2, -0.15) is 0 Å². The second kappa shape index (κ2) is 5.80. The third-order valence-corrected chi connectivity index (χ3v) is 3.27. The monoisotopic (exact) mass is 255 g/mol. The van der Waals surface area contributed by atoms with Crippen molar-refractivity contribution >= 4 is 0 Å². The third-order valence-electron chi connectivity index (χ3n) is 3.27. The van der Waals surface area contributed by atoms with Crippen LogP contribution < -0.4 is 10.1 Å². The minimum atomic E-state index is 0.308. The highest BCUT2D eigenvalue weighted by atomic mass is 16.5. The van der Waals surface area contributed by atoms with Gasteiger partial charge in [0.2, 0.25) is 0 Å². The van der Waals surface area contributed by atoms with E-state index in [1.807, 2.05) is 30.3 Å². The van der Waals surface area contributed by atoms with E-state index in [1.54, 1.807) is 12.4 Å². The largest absolute Gasteiger partial charge is 0.486 e. The van der Waals surface area contributed by atoms with Crippen LogP contribution in [-0.4, -0.2) is 16.5 Å². The summed E-state index contributed by atoms with van der Waals surface area (Å²) in [4.78, 5) is 8.75. The SMILES string of the molecule is c1ccc(COc2cnc(C3CCCN3)nc2)cc1. The second-order valence-electron chi connectivity index (χ2n) is 4.70. The van der Waals surface area contributed by atoms with Gasteiger partial charge in [-0.1, -0.05) is 30.3 Å². The van der Waals surface area contributed by atoms with Gasteiger partial charge in [0.05, 0.1) is 18.4 Å². The lowest BCUT2D eigenvalue weighted by Gasteiger charge is -2.09. The van der Waals surface area contributed by atoms with Crippen LogP contribution in [0.3, 0.4) is 0 Å². The molecule has 4 heteroatoms. The number of aromatic nitrogens is 2. The molecule has 1 aliphatic heterocycles. The van der Waals surface area contributed by atoms with E-state index in [9.17, 15) is 0 Å². The Kier molecular flexibility index (Phi) is 3.70. The van der Waals surface area contributed by atoms with Gasteiger partial charge in [-0.25, -0.2) is 9.97 Å². The van der Waals surface area contributed by atoms with Crippen molar-refractivity contribution in [2.45, 2.75) is 25.5 Å². The molecule has 98 valence electrons. The lowest BCUT2D eigenvalue weighted by Crippen LogP contribution is -2.15. The lowest BCUT2D eigenvalue weighted by molar-refractivity contribution is 0.303. The van der Waals surface area contributed by atoms with Gasteiger partial charge in [0.1, 0.15) is 12.4 Å². The molecule has 0 spiro atoms. The molecule has 0 bridgehead atoms. The van der Waals surface area contributed by atoms with E-state index < -0.39 is 0 Å². The molecule has 1 fully saturated rings. The molecule has 0 radical (unpaired) electrons. The molecule has 19 heavy (non-hydrogen) atoms. The van der Waals surface area contributed by atoms with Crippen LogP contribution in [0.2, 0.25) is 0 Å². The standard InChI is InChI=1S/C15H17N3O/c1-2-5-12(6-3-1)11-19-13-9-17-15(18-10-13)14-7-4-8-16-14/h1-3,5-6,9-10,14,16H,4,7-8,11H2. The Bertz CT molecular complexity index is 507. The number of nitrogens with one attached hydrogen (secondary N) is 1. The molecule has 0 amide bonds. The van der Waals surface area contributed by atoms with Gasteiger partial charge in [-0.05, 0) is 24.9 Å². The van der Waals surface area contributed by atoms with Gasteiger partial charge in [0, 0.05) is 0 Å². The highest BCUT2D eigenvalue weighted by Crippen LogP contribution is 2.20. The normalized spacial score (nSPS) is 18.4.